The summed E-state index contributed by atoms with van der Waals surface area (Å²) < 4.78 is 4.53. The van der Waals surface area contributed by atoms with Crippen LogP contribution in [0.4, 0.5) is 16.4 Å². The molecule has 5 rings (SSSR count). The molecule has 1 saturated heterocycles. The molecule has 3 atom stereocenters. The van der Waals surface area contributed by atoms with Crippen LogP contribution < -0.4 is 61.5 Å². The maximum Gasteiger partial charge on any atom is 1.00 e. The van der Waals surface area contributed by atoms with Crippen LogP contribution >= 0.6 is 35.1 Å². The number of carboxylic acids is 1. The van der Waals surface area contributed by atoms with Crippen LogP contribution in [0.2, 0.25) is 0 Å². The number of carbonyl (C=O) groups excluding carboxylic acids is 4. The van der Waals surface area contributed by atoms with Crippen molar-refractivity contribution in [3.05, 3.63) is 64.0 Å². The number of carboxylic acid groups (broad SMARTS) is 1. The Balaban J connectivity index is 0.00000500. The van der Waals surface area contributed by atoms with Gasteiger partial charge in [-0.05, 0) is 41.2 Å². The molecular formula is C26H26N9NaO8S3. The fraction of sp³-hybridized carbons (Fsp3) is 0.308. The summed E-state index contributed by atoms with van der Waals surface area (Å²) in [6.07, 6.45) is 2.80. The number of hydrogen-bond donors (Lipinski definition) is 6. The standard InChI is InChI=1S/C26H27N9O8S3.Na/c27-24(43)34(15-8-29-25(33-19(15)38)28-6-1-7-36)17(12-2-4-14(37)5-3-12)20(39)32-16-21(40)35-18(23(41)42)13(9-44-22(16)35)10-45-26-30-11-31-46-26;/h2-5,8,11,16-17,22,36-37H,1,6-7,9-10H2,(H2,27,43)(H,32,39)(H,41,42)(H2,28,29,33,38);/q;+1/p-1/t16?,17?,22-;/m0./s1. The average molecular weight is 712 g/mol. The largest absolute Gasteiger partial charge is 1.00 e. The van der Waals surface area contributed by atoms with Crippen molar-refractivity contribution in [1.29, 1.82) is 0 Å². The number of hydrogen-bond acceptors (Lipinski definition) is 15. The third-order valence-electron chi connectivity index (χ3n) is 6.87. The summed E-state index contributed by atoms with van der Waals surface area (Å²) in [5.74, 6) is -2.81. The second kappa shape index (κ2) is 16.0. The van der Waals surface area contributed by atoms with Crippen molar-refractivity contribution in [2.45, 2.75) is 28.2 Å². The minimum absolute atomic E-state index is 0. The number of nitrogens with one attached hydrogen (secondary N) is 3. The van der Waals surface area contributed by atoms with Gasteiger partial charge in [-0.15, -0.1) is 11.8 Å². The molecule has 2 aliphatic heterocycles. The van der Waals surface area contributed by atoms with Gasteiger partial charge >= 0.3 is 35.6 Å². The number of aromatic hydroxyl groups is 1. The Hall–Kier alpha value is -3.66. The predicted molar refractivity (Wildman–Crippen MR) is 166 cm³/mol. The average Bonchev–Trinajstić information content (AvgIpc) is 3.55. The Morgan fingerprint density at radius 3 is 2.60 bits per heavy atom. The molecule has 21 heteroatoms. The van der Waals surface area contributed by atoms with Crippen molar-refractivity contribution in [3.63, 3.8) is 0 Å². The van der Waals surface area contributed by atoms with Gasteiger partial charge in [0.1, 0.15) is 35.2 Å². The molecule has 0 radical (unpaired) electrons. The number of phenols is 1. The van der Waals surface area contributed by atoms with Gasteiger partial charge in [0.15, 0.2) is 4.34 Å². The molecule has 2 aliphatic rings. The number of amides is 4. The minimum atomic E-state index is -1.61. The number of H-pyrrole nitrogens is 1. The van der Waals surface area contributed by atoms with E-state index >= 15 is 0 Å². The Morgan fingerprint density at radius 2 is 1.98 bits per heavy atom. The number of aromatic nitrogens is 4. The second-order valence-corrected chi connectivity index (χ2v) is 12.9. The fourth-order valence-electron chi connectivity index (χ4n) is 4.79. The number of thioether (sulfide) groups is 2. The van der Waals surface area contributed by atoms with E-state index in [2.05, 4.69) is 30.0 Å². The number of aliphatic hydroxyl groups is 1. The molecule has 0 aliphatic carbocycles. The molecule has 4 amide bonds. The zero-order chi connectivity index (χ0) is 33.0. The first kappa shape index (κ1) is 36.2. The van der Waals surface area contributed by atoms with Crippen LogP contribution in [-0.2, 0) is 14.4 Å². The summed E-state index contributed by atoms with van der Waals surface area (Å²) >= 11 is 3.65. The number of aromatic amines is 1. The van der Waals surface area contributed by atoms with Crippen LogP contribution in [-0.4, -0.2) is 94.3 Å². The molecule has 47 heavy (non-hydrogen) atoms. The Morgan fingerprint density at radius 1 is 1.23 bits per heavy atom. The van der Waals surface area contributed by atoms with Crippen LogP contribution in [0.3, 0.4) is 0 Å². The minimum Gasteiger partial charge on any atom is -0.543 e. The summed E-state index contributed by atoms with van der Waals surface area (Å²) in [7, 11) is 0. The molecule has 242 valence electrons. The van der Waals surface area contributed by atoms with Crippen molar-refractivity contribution in [2.75, 3.05) is 34.9 Å². The summed E-state index contributed by atoms with van der Waals surface area (Å²) in [5, 5.41) is 35.5. The van der Waals surface area contributed by atoms with E-state index in [0.29, 0.717) is 27.8 Å². The molecule has 2 unspecified atom stereocenters. The van der Waals surface area contributed by atoms with Crippen LogP contribution in [0, 0.1) is 0 Å². The maximum absolute atomic E-state index is 13.9. The molecule has 7 N–H and O–H groups in total. The first-order chi connectivity index (χ1) is 22.1. The Bertz CT molecular complexity index is 1720. The number of urea groups is 1. The van der Waals surface area contributed by atoms with E-state index < -0.39 is 46.8 Å². The molecule has 4 heterocycles. The van der Waals surface area contributed by atoms with E-state index in [1.54, 1.807) is 0 Å². The number of fused-ring (bicyclic) bond motifs is 1. The number of aliphatic hydroxyl groups excluding tert-OH is 1. The summed E-state index contributed by atoms with van der Waals surface area (Å²) in [4.78, 5) is 77.6. The monoisotopic (exact) mass is 711 g/mol. The number of β-lactam (4-membered cyclic amide) rings is 1. The second-order valence-electron chi connectivity index (χ2n) is 9.78. The third-order valence-corrected chi connectivity index (χ3v) is 10.1. The third kappa shape index (κ3) is 7.91. The van der Waals surface area contributed by atoms with Crippen molar-refractivity contribution in [1.82, 2.24) is 29.5 Å². The summed E-state index contributed by atoms with van der Waals surface area (Å²) in [6, 6.07) is 1.20. The van der Waals surface area contributed by atoms with E-state index in [1.165, 1.54) is 54.1 Å². The van der Waals surface area contributed by atoms with Crippen LogP contribution in [0.15, 0.2) is 57.2 Å². The zero-order valence-electron chi connectivity index (χ0n) is 24.6. The molecule has 0 saturated carbocycles. The van der Waals surface area contributed by atoms with E-state index in [1.807, 2.05) is 0 Å². The van der Waals surface area contributed by atoms with Gasteiger partial charge in [0.25, 0.3) is 11.5 Å². The van der Waals surface area contributed by atoms with Crippen LogP contribution in [0.25, 0.3) is 0 Å². The molecular weight excluding hydrogens is 686 g/mol. The quantitative estimate of drug-likeness (QED) is 0.0427. The molecule has 0 spiro atoms. The number of nitrogens with zero attached hydrogens (tertiary/aromatic N) is 5. The Kier molecular flexibility index (Phi) is 12.3. The molecule has 1 aromatic carbocycles. The normalized spacial score (nSPS) is 17.6. The topological polar surface area (TPSA) is 260 Å². The first-order valence-electron chi connectivity index (χ1n) is 13.5. The van der Waals surface area contributed by atoms with Gasteiger partial charge in [-0.1, -0.05) is 23.9 Å². The molecule has 3 aromatic rings. The van der Waals surface area contributed by atoms with Crippen LogP contribution in [0.5, 0.6) is 5.75 Å². The van der Waals surface area contributed by atoms with E-state index in [0.717, 1.165) is 22.6 Å². The number of rotatable bonds is 13. The van der Waals surface area contributed by atoms with Gasteiger partial charge < -0.3 is 36.5 Å². The SMILES string of the molecule is NC(=O)N(c1cnc(NCCCO)[nH]c1=O)C(C(=O)NC1C(=O)N2C(C(=O)[O-])=C(CSc3ncns3)CS[C@@H]12)c1ccc(O)cc1.[Na+]. The summed E-state index contributed by atoms with van der Waals surface area (Å²) in [6.45, 7) is 0.200. The smallest absolute Gasteiger partial charge is 0.543 e. The van der Waals surface area contributed by atoms with Gasteiger partial charge in [-0.2, -0.15) is 4.37 Å². The van der Waals surface area contributed by atoms with Gasteiger partial charge in [0.2, 0.25) is 11.9 Å². The van der Waals surface area contributed by atoms with E-state index in [-0.39, 0.29) is 76.3 Å². The maximum atomic E-state index is 13.9. The van der Waals surface area contributed by atoms with Gasteiger partial charge in [-0.25, -0.2) is 14.8 Å². The van der Waals surface area contributed by atoms with Crippen molar-refractivity contribution < 1.29 is 64.1 Å². The molecule has 1 fully saturated rings. The van der Waals surface area contributed by atoms with Gasteiger partial charge in [0.05, 0.1) is 17.9 Å². The molecule has 2 aromatic heterocycles. The van der Waals surface area contributed by atoms with Gasteiger partial charge in [0, 0.05) is 24.7 Å². The number of phenolic OH excluding ortho intramolecular Hbond substituents is 1. The number of aliphatic carboxylic acids is 1. The summed E-state index contributed by atoms with van der Waals surface area (Å²) in [5.41, 5.74) is 4.77. The van der Waals surface area contributed by atoms with Crippen molar-refractivity contribution >= 4 is 70.5 Å². The Labute approximate surface area is 300 Å². The molecule has 0 bridgehead atoms. The van der Waals surface area contributed by atoms with E-state index in [4.69, 9.17) is 10.8 Å². The van der Waals surface area contributed by atoms with Crippen LogP contribution in [0.1, 0.15) is 18.0 Å². The number of nitrogens with two attached hydrogens (primary N) is 1. The van der Waals surface area contributed by atoms with Crippen molar-refractivity contribution in [3.8, 4) is 5.75 Å². The van der Waals surface area contributed by atoms with E-state index in [9.17, 15) is 34.2 Å². The fourth-order valence-corrected chi connectivity index (χ4v) is 7.71. The number of primary amides is 1. The number of carbonyl (C=O) groups is 4. The predicted octanol–water partition coefficient (Wildman–Crippen LogP) is -4.05. The first-order valence-corrected chi connectivity index (χ1v) is 16.3. The number of anilines is 2. The van der Waals surface area contributed by atoms with Gasteiger partial charge in [-0.3, -0.25) is 29.2 Å². The zero-order valence-corrected chi connectivity index (χ0v) is 29.1. The van der Waals surface area contributed by atoms with Crippen molar-refractivity contribution in [2.24, 2.45) is 5.73 Å². The molecule has 17 nitrogen and oxygen atoms in total. The number of benzene rings is 1.